The molecule has 4 rings (SSSR count). The van der Waals surface area contributed by atoms with Gasteiger partial charge in [0.25, 0.3) is 0 Å². The number of alkyl halides is 2. The Morgan fingerprint density at radius 1 is 0.963 bits per heavy atom. The van der Waals surface area contributed by atoms with Crippen molar-refractivity contribution in [1.82, 2.24) is 0 Å². The smallest absolute Gasteiger partial charge is 0.248 e. The van der Waals surface area contributed by atoms with Gasteiger partial charge in [-0.15, -0.1) is 0 Å². The van der Waals surface area contributed by atoms with Gasteiger partial charge in [-0.25, -0.2) is 8.78 Å². The fraction of sp³-hybridized carbons (Fsp3) is 0.478. The summed E-state index contributed by atoms with van der Waals surface area (Å²) < 4.78 is 31.6. The van der Waals surface area contributed by atoms with E-state index in [9.17, 15) is 8.78 Å². The number of rotatable bonds is 6. The molecule has 2 nitrogen and oxygen atoms in total. The van der Waals surface area contributed by atoms with Crippen molar-refractivity contribution in [3.8, 4) is 5.75 Å². The van der Waals surface area contributed by atoms with Gasteiger partial charge in [0.05, 0.1) is 6.61 Å². The molecule has 2 aromatic carbocycles. The number of fused-ring (bicyclic) bond motifs is 1. The van der Waals surface area contributed by atoms with Crippen molar-refractivity contribution in [2.75, 3.05) is 6.61 Å². The van der Waals surface area contributed by atoms with Gasteiger partial charge >= 0.3 is 0 Å². The Labute approximate surface area is 159 Å². The molecule has 0 aromatic heterocycles. The normalized spacial score (nSPS) is 21.4. The largest absolute Gasteiger partial charge is 0.493 e. The van der Waals surface area contributed by atoms with Crippen LogP contribution in [0.4, 0.5) is 8.78 Å². The third-order valence-electron chi connectivity index (χ3n) is 5.95. The van der Waals surface area contributed by atoms with Gasteiger partial charge in [0.2, 0.25) is 5.92 Å². The minimum absolute atomic E-state index is 0.00827. The van der Waals surface area contributed by atoms with Crippen molar-refractivity contribution < 1.29 is 13.5 Å². The van der Waals surface area contributed by atoms with E-state index in [4.69, 9.17) is 10.5 Å². The summed E-state index contributed by atoms with van der Waals surface area (Å²) >= 11 is 0. The first kappa shape index (κ1) is 18.4. The first-order valence-corrected chi connectivity index (χ1v) is 9.91. The monoisotopic (exact) mass is 371 g/mol. The van der Waals surface area contributed by atoms with Crippen LogP contribution in [-0.2, 0) is 25.8 Å². The first-order chi connectivity index (χ1) is 13.0. The Hall–Kier alpha value is -1.94. The minimum Gasteiger partial charge on any atom is -0.493 e. The number of hydrogen-bond acceptors (Lipinski definition) is 2. The average Bonchev–Trinajstić information content (AvgIpc) is 2.65. The second-order valence-corrected chi connectivity index (χ2v) is 8.21. The SMILES string of the molecule is NCc1ccc(CC2CCc3cc(OCC4CC(F)(F)C4)ccc3C2)cc1. The van der Waals surface area contributed by atoms with Crippen LogP contribution in [0.3, 0.4) is 0 Å². The Kier molecular flexibility index (Phi) is 5.18. The lowest BCUT2D eigenvalue weighted by Crippen LogP contribution is -2.38. The Bertz CT molecular complexity index is 779. The quantitative estimate of drug-likeness (QED) is 0.782. The van der Waals surface area contributed by atoms with Gasteiger partial charge in [-0.2, -0.15) is 0 Å². The average molecular weight is 371 g/mol. The molecule has 0 radical (unpaired) electrons. The molecule has 144 valence electrons. The number of ether oxygens (including phenoxy) is 1. The van der Waals surface area contributed by atoms with Gasteiger partial charge in [-0.1, -0.05) is 30.3 Å². The van der Waals surface area contributed by atoms with Crippen LogP contribution in [0, 0.1) is 11.8 Å². The van der Waals surface area contributed by atoms with Crippen LogP contribution in [0.25, 0.3) is 0 Å². The molecule has 0 amide bonds. The highest BCUT2D eigenvalue weighted by Crippen LogP contribution is 2.42. The topological polar surface area (TPSA) is 35.2 Å². The van der Waals surface area contributed by atoms with Crippen molar-refractivity contribution in [1.29, 1.82) is 0 Å². The standard InChI is InChI=1S/C23H27F2NO/c24-23(25)12-19(13-23)15-27-22-8-7-20-10-18(5-6-21(20)11-22)9-16-1-3-17(14-26)4-2-16/h1-4,7-8,11,18-19H,5-6,9-10,12-15,26H2. The van der Waals surface area contributed by atoms with Gasteiger partial charge in [0.1, 0.15) is 5.75 Å². The van der Waals surface area contributed by atoms with Crippen LogP contribution in [0.15, 0.2) is 42.5 Å². The number of hydrogen-bond donors (Lipinski definition) is 1. The lowest BCUT2D eigenvalue weighted by molar-refractivity contribution is -0.119. The van der Waals surface area contributed by atoms with Crippen LogP contribution < -0.4 is 10.5 Å². The molecule has 1 atom stereocenters. The maximum atomic E-state index is 12.9. The zero-order valence-electron chi connectivity index (χ0n) is 15.6. The summed E-state index contributed by atoms with van der Waals surface area (Å²) in [6.07, 6.45) is 4.34. The highest BCUT2D eigenvalue weighted by molar-refractivity contribution is 5.38. The summed E-state index contributed by atoms with van der Waals surface area (Å²) in [6, 6.07) is 14.9. The van der Waals surface area contributed by atoms with E-state index >= 15 is 0 Å². The summed E-state index contributed by atoms with van der Waals surface area (Å²) in [7, 11) is 0. The molecule has 1 unspecified atom stereocenters. The Morgan fingerprint density at radius 3 is 2.41 bits per heavy atom. The molecule has 4 heteroatoms. The van der Waals surface area contributed by atoms with Crippen molar-refractivity contribution in [3.63, 3.8) is 0 Å². The van der Waals surface area contributed by atoms with E-state index in [2.05, 4.69) is 36.4 Å². The van der Waals surface area contributed by atoms with Gasteiger partial charge < -0.3 is 10.5 Å². The molecule has 2 aromatic rings. The van der Waals surface area contributed by atoms with Gasteiger partial charge in [-0.05, 0) is 66.0 Å². The van der Waals surface area contributed by atoms with Gasteiger partial charge in [-0.3, -0.25) is 0 Å². The van der Waals surface area contributed by atoms with Crippen LogP contribution in [0.1, 0.15) is 41.5 Å². The second-order valence-electron chi connectivity index (χ2n) is 8.21. The van der Waals surface area contributed by atoms with Gasteiger partial charge in [0, 0.05) is 25.3 Å². The van der Waals surface area contributed by atoms with Crippen molar-refractivity contribution in [2.24, 2.45) is 17.6 Å². The number of nitrogens with two attached hydrogens (primary N) is 1. The molecule has 0 bridgehead atoms. The Balaban J connectivity index is 1.32. The van der Waals surface area contributed by atoms with E-state index in [0.717, 1.165) is 25.0 Å². The molecular weight excluding hydrogens is 344 g/mol. The summed E-state index contributed by atoms with van der Waals surface area (Å²) in [6.45, 7) is 0.987. The highest BCUT2D eigenvalue weighted by Gasteiger charge is 2.45. The van der Waals surface area contributed by atoms with Crippen molar-refractivity contribution in [3.05, 3.63) is 64.7 Å². The van der Waals surface area contributed by atoms with E-state index in [-0.39, 0.29) is 18.8 Å². The maximum absolute atomic E-state index is 12.9. The zero-order valence-corrected chi connectivity index (χ0v) is 15.6. The van der Waals surface area contributed by atoms with Crippen LogP contribution >= 0.6 is 0 Å². The fourth-order valence-electron chi connectivity index (χ4n) is 4.33. The molecule has 1 fully saturated rings. The first-order valence-electron chi connectivity index (χ1n) is 9.91. The summed E-state index contributed by atoms with van der Waals surface area (Å²) in [5.41, 5.74) is 11.0. The molecule has 0 spiro atoms. The van der Waals surface area contributed by atoms with E-state index in [0.29, 0.717) is 19.1 Å². The summed E-state index contributed by atoms with van der Waals surface area (Å²) in [4.78, 5) is 0. The van der Waals surface area contributed by atoms with E-state index in [1.807, 2.05) is 6.07 Å². The molecule has 2 aliphatic carbocycles. The molecule has 27 heavy (non-hydrogen) atoms. The van der Waals surface area contributed by atoms with Crippen molar-refractivity contribution >= 4 is 0 Å². The third-order valence-corrected chi connectivity index (χ3v) is 5.95. The molecule has 0 aliphatic heterocycles. The maximum Gasteiger partial charge on any atom is 0.248 e. The van der Waals surface area contributed by atoms with E-state index in [1.54, 1.807) is 0 Å². The predicted octanol–water partition coefficient (Wildman–Crippen LogP) is 4.92. The van der Waals surface area contributed by atoms with E-state index < -0.39 is 5.92 Å². The summed E-state index contributed by atoms with van der Waals surface area (Å²) in [5.74, 6) is -1.00. The fourth-order valence-corrected chi connectivity index (χ4v) is 4.33. The molecule has 0 saturated heterocycles. The zero-order chi connectivity index (χ0) is 18.9. The lowest BCUT2D eigenvalue weighted by Gasteiger charge is -2.34. The van der Waals surface area contributed by atoms with Crippen LogP contribution in [0.5, 0.6) is 5.75 Å². The molecule has 0 heterocycles. The number of benzene rings is 2. The predicted molar refractivity (Wildman–Crippen MR) is 103 cm³/mol. The Morgan fingerprint density at radius 2 is 1.70 bits per heavy atom. The number of aryl methyl sites for hydroxylation is 1. The minimum atomic E-state index is -2.47. The third kappa shape index (κ3) is 4.49. The lowest BCUT2D eigenvalue weighted by atomic mass is 9.80. The second kappa shape index (κ2) is 7.59. The molecule has 2 aliphatic rings. The molecule has 1 saturated carbocycles. The molecular formula is C23H27F2NO. The van der Waals surface area contributed by atoms with Crippen molar-refractivity contribution in [2.45, 2.75) is 51.0 Å². The molecule has 2 N–H and O–H groups in total. The highest BCUT2D eigenvalue weighted by atomic mass is 19.3. The summed E-state index contributed by atoms with van der Waals surface area (Å²) in [5, 5.41) is 0. The van der Waals surface area contributed by atoms with Gasteiger partial charge in [0.15, 0.2) is 0 Å². The van der Waals surface area contributed by atoms with Crippen LogP contribution in [0.2, 0.25) is 0 Å². The van der Waals surface area contributed by atoms with E-state index in [1.165, 1.54) is 28.7 Å². The number of halogens is 2. The van der Waals surface area contributed by atoms with Crippen LogP contribution in [-0.4, -0.2) is 12.5 Å².